The largest absolute Gasteiger partial charge is 0.467 e. The molecule has 140 valence electrons. The van der Waals surface area contributed by atoms with Gasteiger partial charge in [-0.2, -0.15) is 0 Å². The quantitative estimate of drug-likeness (QED) is 0.864. The lowest BCUT2D eigenvalue weighted by Gasteiger charge is -2.50. The highest BCUT2D eigenvalue weighted by Gasteiger charge is 2.51. The Morgan fingerprint density at radius 1 is 1.19 bits per heavy atom. The van der Waals surface area contributed by atoms with Crippen molar-refractivity contribution in [3.05, 3.63) is 24.8 Å². The van der Waals surface area contributed by atoms with Crippen molar-refractivity contribution in [3.8, 4) is 17.3 Å². The smallest absolute Gasteiger partial charge is 0.316 e. The lowest BCUT2D eigenvalue weighted by molar-refractivity contribution is -0.0829. The maximum Gasteiger partial charge on any atom is 0.316 e. The molecule has 9 nitrogen and oxygen atoms in total. The van der Waals surface area contributed by atoms with Gasteiger partial charge in [-0.1, -0.05) is 0 Å². The average molecular weight is 367 g/mol. The molecular weight excluding hydrogens is 346 g/mol. The van der Waals surface area contributed by atoms with Crippen LogP contribution < -0.4 is 10.1 Å². The Morgan fingerprint density at radius 2 is 2.00 bits per heavy atom. The van der Waals surface area contributed by atoms with Crippen molar-refractivity contribution < 1.29 is 9.47 Å². The topological polar surface area (TPSA) is 97.7 Å². The van der Waals surface area contributed by atoms with Crippen molar-refractivity contribution in [2.75, 3.05) is 38.6 Å². The number of amidine groups is 1. The Labute approximate surface area is 156 Å². The highest BCUT2D eigenvalue weighted by atomic mass is 16.5. The van der Waals surface area contributed by atoms with Gasteiger partial charge in [-0.3, -0.25) is 10.2 Å². The molecule has 0 radical (unpaired) electrons. The molecule has 3 fully saturated rings. The lowest BCUT2D eigenvalue weighted by Crippen LogP contribution is -2.61. The maximum absolute atomic E-state index is 6.30. The van der Waals surface area contributed by atoms with E-state index in [0.717, 1.165) is 12.1 Å². The fourth-order valence-corrected chi connectivity index (χ4v) is 4.19. The van der Waals surface area contributed by atoms with E-state index in [1.165, 1.54) is 39.4 Å². The molecule has 27 heavy (non-hydrogen) atoms. The van der Waals surface area contributed by atoms with Crippen molar-refractivity contribution in [2.24, 2.45) is 10.9 Å². The van der Waals surface area contributed by atoms with Crippen molar-refractivity contribution in [3.63, 3.8) is 0 Å². The number of rotatable bonds is 3. The normalized spacial score (nSPS) is 28.7. The summed E-state index contributed by atoms with van der Waals surface area (Å²) in [5.74, 6) is 1.22. The molecule has 1 N–H and O–H groups in total. The number of fused-ring (bicyclic) bond motifs is 2. The number of anilines is 1. The van der Waals surface area contributed by atoms with E-state index < -0.39 is 0 Å². The number of methoxy groups -OCH3 is 1. The monoisotopic (exact) mass is 367 g/mol. The first-order chi connectivity index (χ1) is 13.2. The summed E-state index contributed by atoms with van der Waals surface area (Å²) in [6.07, 6.45) is 7.23. The summed E-state index contributed by atoms with van der Waals surface area (Å²) >= 11 is 0. The second kappa shape index (κ2) is 6.41. The molecule has 6 heterocycles. The first kappa shape index (κ1) is 16.4. The van der Waals surface area contributed by atoms with Crippen LogP contribution in [0.1, 0.15) is 12.8 Å². The number of aromatic nitrogens is 4. The Kier molecular flexibility index (Phi) is 3.89. The molecule has 0 saturated carbocycles. The summed E-state index contributed by atoms with van der Waals surface area (Å²) in [6, 6.07) is 2.69. The fourth-order valence-electron chi connectivity index (χ4n) is 4.19. The predicted molar refractivity (Wildman–Crippen MR) is 98.5 cm³/mol. The second-order valence-electron chi connectivity index (χ2n) is 7.21. The summed E-state index contributed by atoms with van der Waals surface area (Å²) in [5.41, 5.74) is 1.33. The van der Waals surface area contributed by atoms with Crippen LogP contribution in [0.2, 0.25) is 0 Å². The van der Waals surface area contributed by atoms with Gasteiger partial charge in [0.2, 0.25) is 0 Å². The molecular formula is C18H21N7O2. The van der Waals surface area contributed by atoms with Gasteiger partial charge in [-0.25, -0.2) is 24.9 Å². The van der Waals surface area contributed by atoms with Crippen molar-refractivity contribution in [2.45, 2.75) is 18.4 Å². The molecule has 1 atom stereocenters. The highest BCUT2D eigenvalue weighted by Crippen LogP contribution is 2.40. The average Bonchev–Trinajstić information content (AvgIpc) is 3.11. The minimum Gasteiger partial charge on any atom is -0.467 e. The van der Waals surface area contributed by atoms with Gasteiger partial charge in [0, 0.05) is 36.5 Å². The van der Waals surface area contributed by atoms with E-state index in [9.17, 15) is 0 Å². The van der Waals surface area contributed by atoms with Gasteiger partial charge in [-0.05, 0) is 25.9 Å². The van der Waals surface area contributed by atoms with Crippen LogP contribution >= 0.6 is 0 Å². The number of ether oxygens (including phenoxy) is 2. The molecule has 2 aromatic rings. The van der Waals surface area contributed by atoms with Gasteiger partial charge in [0.15, 0.2) is 0 Å². The van der Waals surface area contributed by atoms with Crippen LogP contribution in [0.15, 0.2) is 29.8 Å². The molecule has 9 heteroatoms. The predicted octanol–water partition coefficient (Wildman–Crippen LogP) is 1.20. The lowest BCUT2D eigenvalue weighted by atomic mass is 9.75. The van der Waals surface area contributed by atoms with E-state index in [1.807, 2.05) is 6.07 Å². The van der Waals surface area contributed by atoms with E-state index in [0.29, 0.717) is 36.0 Å². The van der Waals surface area contributed by atoms with Crippen LogP contribution in [0.5, 0.6) is 6.01 Å². The Morgan fingerprint density at radius 3 is 2.70 bits per heavy atom. The van der Waals surface area contributed by atoms with Crippen LogP contribution in [0.4, 0.5) is 5.82 Å². The van der Waals surface area contributed by atoms with Crippen molar-refractivity contribution in [1.29, 1.82) is 0 Å². The second-order valence-corrected chi connectivity index (χ2v) is 7.21. The number of piperidine rings is 3. The Bertz CT molecular complexity index is 864. The number of nitrogens with zero attached hydrogens (tertiary/aromatic N) is 6. The third kappa shape index (κ3) is 2.97. The number of nitrogens with one attached hydrogen (secondary N) is 1. The Hall–Kier alpha value is -2.81. The molecule has 4 aliphatic rings. The van der Waals surface area contributed by atoms with Gasteiger partial charge in [0.25, 0.3) is 6.02 Å². The zero-order valence-electron chi connectivity index (χ0n) is 15.1. The molecule has 1 spiro atoms. The SMILES string of the molecule is COc1ncc(-c2cc(NC3=NC[C@@]4(CN5CCC4CC5)O3)ncn2)cn1. The van der Waals surface area contributed by atoms with Crippen LogP contribution in [0, 0.1) is 5.92 Å². The minimum atomic E-state index is -0.168. The molecule has 0 aliphatic carbocycles. The van der Waals surface area contributed by atoms with Crippen molar-refractivity contribution in [1.82, 2.24) is 24.8 Å². The first-order valence-corrected chi connectivity index (χ1v) is 9.15. The van der Waals surface area contributed by atoms with Crippen LogP contribution in [0.25, 0.3) is 11.3 Å². The van der Waals surface area contributed by atoms with Gasteiger partial charge in [0.05, 0.1) is 19.3 Å². The molecule has 3 saturated heterocycles. The number of aliphatic imine (C=N–C) groups is 1. The van der Waals surface area contributed by atoms with Gasteiger partial charge < -0.3 is 9.47 Å². The third-order valence-corrected chi connectivity index (χ3v) is 5.62. The summed E-state index contributed by atoms with van der Waals surface area (Å²) in [5, 5.41) is 3.20. The summed E-state index contributed by atoms with van der Waals surface area (Å²) in [6.45, 7) is 4.03. The molecule has 0 amide bonds. The summed E-state index contributed by atoms with van der Waals surface area (Å²) in [4.78, 5) is 23.9. The van der Waals surface area contributed by atoms with Crippen molar-refractivity contribution >= 4 is 11.8 Å². The van der Waals surface area contributed by atoms with Gasteiger partial charge >= 0.3 is 6.01 Å². The highest BCUT2D eigenvalue weighted by molar-refractivity contribution is 5.90. The fraction of sp³-hybridized carbons (Fsp3) is 0.500. The van der Waals surface area contributed by atoms with E-state index in [1.54, 1.807) is 12.4 Å². The molecule has 2 bridgehead atoms. The van der Waals surface area contributed by atoms with E-state index >= 15 is 0 Å². The molecule has 0 unspecified atom stereocenters. The minimum absolute atomic E-state index is 0.168. The summed E-state index contributed by atoms with van der Waals surface area (Å²) < 4.78 is 11.3. The van der Waals surface area contributed by atoms with E-state index in [2.05, 4.69) is 35.1 Å². The van der Waals surface area contributed by atoms with Gasteiger partial charge in [0.1, 0.15) is 17.7 Å². The van der Waals surface area contributed by atoms with E-state index in [4.69, 9.17) is 9.47 Å². The third-order valence-electron chi connectivity index (χ3n) is 5.62. The molecule has 2 aromatic heterocycles. The molecule has 4 aliphatic heterocycles. The van der Waals surface area contributed by atoms with Crippen LogP contribution in [0.3, 0.4) is 0 Å². The number of hydrogen-bond donors (Lipinski definition) is 1. The maximum atomic E-state index is 6.30. The first-order valence-electron chi connectivity index (χ1n) is 9.15. The molecule has 6 rings (SSSR count). The molecule has 0 aromatic carbocycles. The van der Waals surface area contributed by atoms with Crippen LogP contribution in [-0.4, -0.2) is 69.7 Å². The summed E-state index contributed by atoms with van der Waals surface area (Å²) in [7, 11) is 1.53. The van der Waals surface area contributed by atoms with E-state index in [-0.39, 0.29) is 5.60 Å². The zero-order chi connectivity index (χ0) is 18.3. The standard InChI is InChI=1S/C18H21N7O2/c1-26-16-19-7-12(8-20-16)14-6-15(23-11-22-14)24-17-21-9-18(27-17)10-25-4-2-13(18)3-5-25/h6-8,11,13H,2-5,9-10H2,1H3,(H,21,22,23,24)/t18-/m0/s1. The Balaban J connectivity index is 1.30. The van der Waals surface area contributed by atoms with Crippen LogP contribution in [-0.2, 0) is 4.74 Å². The number of hydrogen-bond acceptors (Lipinski definition) is 9. The van der Waals surface area contributed by atoms with Gasteiger partial charge in [-0.15, -0.1) is 0 Å². The zero-order valence-corrected chi connectivity index (χ0v) is 15.1.